The number of hydrogen-bond acceptors (Lipinski definition) is 5. The van der Waals surface area contributed by atoms with Crippen molar-refractivity contribution in [2.24, 2.45) is 0 Å². The summed E-state index contributed by atoms with van der Waals surface area (Å²) in [6, 6.07) is 12.3. The summed E-state index contributed by atoms with van der Waals surface area (Å²) in [5, 5.41) is 9.04. The first-order valence-corrected chi connectivity index (χ1v) is 7.86. The molecule has 2 aromatic carbocycles. The highest BCUT2D eigenvalue weighted by Gasteiger charge is 2.16. The average molecular weight is 345 g/mol. The number of hydrogen-bond donors (Lipinski definition) is 1. The largest absolute Gasteiger partial charge is 0.496 e. The Kier molecular flexibility index (Phi) is 6.25. The summed E-state index contributed by atoms with van der Waals surface area (Å²) in [7, 11) is 4.95. The van der Waals surface area contributed by atoms with Crippen molar-refractivity contribution in [1.29, 1.82) is 0 Å². The van der Waals surface area contributed by atoms with Gasteiger partial charge in [-0.1, -0.05) is 12.1 Å². The molecule has 0 spiro atoms. The summed E-state index contributed by atoms with van der Waals surface area (Å²) in [5.41, 5.74) is 1.01. The van der Waals surface area contributed by atoms with Crippen LogP contribution in [0.1, 0.15) is 12.5 Å². The van der Waals surface area contributed by atoms with Crippen LogP contribution in [0.5, 0.6) is 23.0 Å². The number of aliphatic carboxylic acids is 1. The van der Waals surface area contributed by atoms with E-state index in [1.54, 1.807) is 51.3 Å². The van der Waals surface area contributed by atoms with Crippen LogP contribution in [0.2, 0.25) is 0 Å². The third kappa shape index (κ3) is 5.12. The second-order valence-electron chi connectivity index (χ2n) is 5.72. The van der Waals surface area contributed by atoms with Gasteiger partial charge in [0.05, 0.1) is 14.2 Å². The summed E-state index contributed by atoms with van der Waals surface area (Å²) in [6.07, 6.45) is 0. The van der Waals surface area contributed by atoms with E-state index in [1.807, 2.05) is 24.3 Å². The average Bonchev–Trinajstić information content (AvgIpc) is 2.62. The van der Waals surface area contributed by atoms with Crippen molar-refractivity contribution in [2.45, 2.75) is 19.5 Å². The smallest absolute Gasteiger partial charge is 0.320 e. The summed E-state index contributed by atoms with van der Waals surface area (Å²) >= 11 is 0. The number of carboxylic acids is 1. The standard InChI is InChI=1S/C19H23NO5/c1-13(19(21)22)20(2)12-14-5-7-15(8-6-14)25-18-10-16(23-3)9-17(11-18)24-4/h5-11,13H,12H2,1-4H3,(H,21,22). The molecule has 1 N–H and O–H groups in total. The molecule has 0 heterocycles. The van der Waals surface area contributed by atoms with E-state index < -0.39 is 12.0 Å². The van der Waals surface area contributed by atoms with Crippen molar-refractivity contribution in [3.8, 4) is 23.0 Å². The van der Waals surface area contributed by atoms with Gasteiger partial charge in [0.25, 0.3) is 0 Å². The van der Waals surface area contributed by atoms with Crippen LogP contribution in [-0.4, -0.2) is 43.3 Å². The molecule has 0 amide bonds. The third-order valence-corrected chi connectivity index (χ3v) is 3.93. The first kappa shape index (κ1) is 18.6. The maximum absolute atomic E-state index is 11.0. The number of methoxy groups -OCH3 is 2. The molecule has 0 aliphatic rings. The van der Waals surface area contributed by atoms with Gasteiger partial charge in [0, 0.05) is 24.7 Å². The second-order valence-corrected chi connectivity index (χ2v) is 5.72. The molecule has 25 heavy (non-hydrogen) atoms. The number of likely N-dealkylation sites (N-methyl/N-ethyl adjacent to an activating group) is 1. The molecule has 0 saturated heterocycles. The van der Waals surface area contributed by atoms with Crippen LogP contribution in [0.3, 0.4) is 0 Å². The first-order chi connectivity index (χ1) is 11.9. The Morgan fingerprint density at radius 1 is 1.00 bits per heavy atom. The molecule has 134 valence electrons. The fraction of sp³-hybridized carbons (Fsp3) is 0.316. The number of carbonyl (C=O) groups is 1. The summed E-state index contributed by atoms with van der Waals surface area (Å²) in [6.45, 7) is 2.21. The molecule has 1 unspecified atom stereocenters. The van der Waals surface area contributed by atoms with Crippen molar-refractivity contribution in [3.05, 3.63) is 48.0 Å². The highest BCUT2D eigenvalue weighted by atomic mass is 16.5. The lowest BCUT2D eigenvalue weighted by molar-refractivity contribution is -0.142. The molecule has 0 fully saturated rings. The monoisotopic (exact) mass is 345 g/mol. The fourth-order valence-electron chi connectivity index (χ4n) is 2.25. The van der Waals surface area contributed by atoms with Gasteiger partial charge in [-0.2, -0.15) is 0 Å². The lowest BCUT2D eigenvalue weighted by atomic mass is 10.2. The van der Waals surface area contributed by atoms with E-state index in [0.29, 0.717) is 29.5 Å². The van der Waals surface area contributed by atoms with Crippen molar-refractivity contribution in [3.63, 3.8) is 0 Å². The highest BCUT2D eigenvalue weighted by molar-refractivity contribution is 5.72. The zero-order valence-electron chi connectivity index (χ0n) is 14.9. The van der Waals surface area contributed by atoms with E-state index in [0.717, 1.165) is 5.56 Å². The molecule has 6 nitrogen and oxygen atoms in total. The van der Waals surface area contributed by atoms with Gasteiger partial charge in [0.15, 0.2) is 0 Å². The first-order valence-electron chi connectivity index (χ1n) is 7.86. The lowest BCUT2D eigenvalue weighted by Crippen LogP contribution is -2.35. The van der Waals surface area contributed by atoms with Gasteiger partial charge in [-0.25, -0.2) is 0 Å². The molecule has 0 saturated carbocycles. The molecule has 1 atom stereocenters. The number of carboxylic acid groups (broad SMARTS) is 1. The molecule has 0 radical (unpaired) electrons. The van der Waals surface area contributed by atoms with Crippen LogP contribution < -0.4 is 14.2 Å². The second kappa shape index (κ2) is 8.39. The van der Waals surface area contributed by atoms with Crippen LogP contribution in [0, 0.1) is 0 Å². The number of nitrogens with zero attached hydrogens (tertiary/aromatic N) is 1. The van der Waals surface area contributed by atoms with Crippen LogP contribution >= 0.6 is 0 Å². The Hall–Kier alpha value is -2.73. The van der Waals surface area contributed by atoms with Gasteiger partial charge < -0.3 is 19.3 Å². The Labute approximate surface area is 147 Å². The molecule has 0 aromatic heterocycles. The Bertz CT molecular complexity index is 692. The number of ether oxygens (including phenoxy) is 3. The molecule has 6 heteroatoms. The fourth-order valence-corrected chi connectivity index (χ4v) is 2.25. The Morgan fingerprint density at radius 2 is 1.52 bits per heavy atom. The minimum atomic E-state index is -0.838. The molecule has 0 bridgehead atoms. The van der Waals surface area contributed by atoms with Crippen LogP contribution in [-0.2, 0) is 11.3 Å². The number of benzene rings is 2. The van der Waals surface area contributed by atoms with E-state index in [-0.39, 0.29) is 0 Å². The van der Waals surface area contributed by atoms with Gasteiger partial charge in [-0.15, -0.1) is 0 Å². The topological polar surface area (TPSA) is 68.2 Å². The minimum absolute atomic E-state index is 0.542. The van der Waals surface area contributed by atoms with Gasteiger partial charge in [0.1, 0.15) is 29.0 Å². The predicted molar refractivity (Wildman–Crippen MR) is 94.6 cm³/mol. The molecule has 2 aromatic rings. The van der Waals surface area contributed by atoms with Gasteiger partial charge in [-0.3, -0.25) is 9.69 Å². The third-order valence-electron chi connectivity index (χ3n) is 3.93. The van der Waals surface area contributed by atoms with Crippen molar-refractivity contribution in [1.82, 2.24) is 4.90 Å². The predicted octanol–water partition coefficient (Wildman–Crippen LogP) is 3.40. The SMILES string of the molecule is COc1cc(OC)cc(Oc2ccc(CN(C)C(C)C(=O)O)cc2)c1. The summed E-state index contributed by atoms with van der Waals surface area (Å²) in [5.74, 6) is 1.74. The molecular formula is C19H23NO5. The molecule has 2 rings (SSSR count). The van der Waals surface area contributed by atoms with E-state index in [9.17, 15) is 4.79 Å². The molecular weight excluding hydrogens is 322 g/mol. The zero-order valence-corrected chi connectivity index (χ0v) is 14.9. The van der Waals surface area contributed by atoms with Crippen LogP contribution in [0.15, 0.2) is 42.5 Å². The number of rotatable bonds is 8. The van der Waals surface area contributed by atoms with E-state index in [1.165, 1.54) is 0 Å². The maximum Gasteiger partial charge on any atom is 0.320 e. The van der Waals surface area contributed by atoms with E-state index in [2.05, 4.69) is 0 Å². The van der Waals surface area contributed by atoms with Crippen molar-refractivity contribution < 1.29 is 24.1 Å². The van der Waals surface area contributed by atoms with Crippen molar-refractivity contribution >= 4 is 5.97 Å². The van der Waals surface area contributed by atoms with E-state index >= 15 is 0 Å². The van der Waals surface area contributed by atoms with Crippen LogP contribution in [0.25, 0.3) is 0 Å². The highest BCUT2D eigenvalue weighted by Crippen LogP contribution is 2.30. The van der Waals surface area contributed by atoms with E-state index in [4.69, 9.17) is 19.3 Å². The quantitative estimate of drug-likeness (QED) is 0.791. The normalized spacial score (nSPS) is 11.9. The summed E-state index contributed by atoms with van der Waals surface area (Å²) < 4.78 is 16.3. The summed E-state index contributed by atoms with van der Waals surface area (Å²) in [4.78, 5) is 12.8. The zero-order chi connectivity index (χ0) is 18.4. The Morgan fingerprint density at radius 3 is 2.00 bits per heavy atom. The molecule has 0 aliphatic heterocycles. The minimum Gasteiger partial charge on any atom is -0.496 e. The molecule has 0 aliphatic carbocycles. The van der Waals surface area contributed by atoms with Crippen molar-refractivity contribution in [2.75, 3.05) is 21.3 Å². The van der Waals surface area contributed by atoms with Gasteiger partial charge in [0.2, 0.25) is 0 Å². The Balaban J connectivity index is 2.06. The van der Waals surface area contributed by atoms with Gasteiger partial charge >= 0.3 is 5.97 Å². The lowest BCUT2D eigenvalue weighted by Gasteiger charge is -2.21. The maximum atomic E-state index is 11.0. The van der Waals surface area contributed by atoms with Crippen LogP contribution in [0.4, 0.5) is 0 Å². The van der Waals surface area contributed by atoms with Gasteiger partial charge in [-0.05, 0) is 31.7 Å².